The van der Waals surface area contributed by atoms with Crippen molar-refractivity contribution in [1.82, 2.24) is 0 Å². The molecule has 5 heteroatoms. The second-order valence-corrected chi connectivity index (χ2v) is 29.0. The fourth-order valence-electron chi connectivity index (χ4n) is 14.4. The quantitative estimate of drug-likeness (QED) is 0.119. The summed E-state index contributed by atoms with van der Waals surface area (Å²) in [7, 11) is -2.89. The molecule has 0 saturated carbocycles. The summed E-state index contributed by atoms with van der Waals surface area (Å²) < 4.78 is 0. The van der Waals surface area contributed by atoms with E-state index in [0.29, 0.717) is 35.5 Å². The lowest BCUT2D eigenvalue weighted by Crippen LogP contribution is -2.77. The topological polar surface area (TPSA) is 6.48 Å². The monoisotopic (exact) mass is 1040 g/mol. The third kappa shape index (κ3) is 8.35. The molecular weight excluding hydrogens is 967 g/mol. The third-order valence-corrected chi connectivity index (χ3v) is 23.0. The van der Waals surface area contributed by atoms with Crippen LogP contribution in [0.2, 0.25) is 0 Å². The van der Waals surface area contributed by atoms with Gasteiger partial charge in [-0.15, -0.1) is 0 Å². The predicted molar refractivity (Wildman–Crippen MR) is 349 cm³/mol. The van der Waals surface area contributed by atoms with Gasteiger partial charge in [-0.3, -0.25) is 0 Å². The minimum Gasteiger partial charge on any atom is -0.312 e. The number of benzene rings is 9. The number of nitrogens with zero attached hydrogens (tertiary/aromatic N) is 2. The Hall–Kier alpha value is -7.07. The van der Waals surface area contributed by atoms with Gasteiger partial charge < -0.3 is 9.80 Å². The molecular formula is C74H78B2N2Si. The van der Waals surface area contributed by atoms with Gasteiger partial charge in [0.15, 0.2) is 8.07 Å². The van der Waals surface area contributed by atoms with E-state index in [9.17, 15) is 0 Å². The van der Waals surface area contributed by atoms with Gasteiger partial charge in [0.1, 0.15) is 0 Å². The van der Waals surface area contributed by atoms with E-state index in [4.69, 9.17) is 0 Å². The molecule has 0 radical (unpaired) electrons. The molecule has 3 heterocycles. The maximum absolute atomic E-state index is 2.89. The van der Waals surface area contributed by atoms with Crippen molar-refractivity contribution in [1.29, 1.82) is 0 Å². The van der Waals surface area contributed by atoms with Crippen LogP contribution in [0.1, 0.15) is 163 Å². The smallest absolute Gasteiger partial charge is 0.247 e. The highest BCUT2D eigenvalue weighted by Crippen LogP contribution is 2.45. The second-order valence-electron chi connectivity index (χ2n) is 25.3. The molecule has 0 unspecified atom stereocenters. The number of aryl methyl sites for hydroxylation is 2. The Morgan fingerprint density at radius 3 is 1.16 bits per heavy atom. The van der Waals surface area contributed by atoms with E-state index >= 15 is 0 Å². The molecule has 9 aromatic rings. The molecule has 2 nitrogen and oxygen atoms in total. The highest BCUT2D eigenvalue weighted by Gasteiger charge is 2.50. The van der Waals surface area contributed by atoms with Crippen LogP contribution in [0.4, 0.5) is 34.1 Å². The average molecular weight is 1050 g/mol. The Balaban J connectivity index is 1.19. The van der Waals surface area contributed by atoms with Crippen LogP contribution in [0.3, 0.4) is 0 Å². The van der Waals surface area contributed by atoms with E-state index < -0.39 is 8.07 Å². The first kappa shape index (κ1) is 52.6. The highest BCUT2D eigenvalue weighted by molar-refractivity contribution is 7.21. The van der Waals surface area contributed by atoms with E-state index in [1.807, 2.05) is 0 Å². The van der Waals surface area contributed by atoms with Gasteiger partial charge in [0.2, 0.25) is 13.4 Å². The fraction of sp³-hybridized carbons (Fsp3) is 0.270. The summed E-state index contributed by atoms with van der Waals surface area (Å²) in [6, 6.07) is 72.3. The van der Waals surface area contributed by atoms with Gasteiger partial charge in [-0.2, -0.15) is 0 Å². The van der Waals surface area contributed by atoms with Crippen molar-refractivity contribution in [2.45, 2.75) is 132 Å². The Kier molecular flexibility index (Phi) is 13.5. The molecule has 0 fully saturated rings. The molecule has 79 heavy (non-hydrogen) atoms. The van der Waals surface area contributed by atoms with Crippen molar-refractivity contribution in [3.05, 3.63) is 226 Å². The number of hydrogen-bond acceptors (Lipinski definition) is 2. The first-order chi connectivity index (χ1) is 38.0. The van der Waals surface area contributed by atoms with Crippen LogP contribution >= 0.6 is 0 Å². The van der Waals surface area contributed by atoms with Crippen molar-refractivity contribution >= 4 is 109 Å². The van der Waals surface area contributed by atoms with Crippen LogP contribution in [0, 0.1) is 13.8 Å². The first-order valence-electron chi connectivity index (χ1n) is 29.7. The summed E-state index contributed by atoms with van der Waals surface area (Å²) in [5, 5.41) is 5.66. The molecule has 0 atom stereocenters. The van der Waals surface area contributed by atoms with Crippen LogP contribution in [-0.4, -0.2) is 21.5 Å². The van der Waals surface area contributed by atoms with Crippen molar-refractivity contribution in [2.75, 3.05) is 9.80 Å². The van der Waals surface area contributed by atoms with Gasteiger partial charge in [-0.05, 0) is 156 Å². The van der Waals surface area contributed by atoms with Gasteiger partial charge in [0.05, 0.1) is 0 Å². The number of anilines is 6. The van der Waals surface area contributed by atoms with Gasteiger partial charge in [0, 0.05) is 34.1 Å². The maximum atomic E-state index is 2.72. The molecule has 12 rings (SSSR count). The molecule has 0 bridgehead atoms. The van der Waals surface area contributed by atoms with Gasteiger partial charge in [-0.25, -0.2) is 0 Å². The highest BCUT2D eigenvalue weighted by atomic mass is 28.3. The minimum atomic E-state index is -2.89. The zero-order valence-electron chi connectivity index (χ0n) is 49.3. The number of rotatable bonds is 11. The first-order valence-corrected chi connectivity index (χ1v) is 31.7. The summed E-state index contributed by atoms with van der Waals surface area (Å²) in [5.41, 5.74) is 27.4. The largest absolute Gasteiger partial charge is 0.312 e. The summed E-state index contributed by atoms with van der Waals surface area (Å²) in [4.78, 5) is 5.35. The second kappa shape index (κ2) is 20.2. The Morgan fingerprint density at radius 2 is 0.734 bits per heavy atom. The minimum absolute atomic E-state index is 0.00271. The zero-order chi connectivity index (χ0) is 55.3. The van der Waals surface area contributed by atoms with Crippen LogP contribution in [0.5, 0.6) is 0 Å². The van der Waals surface area contributed by atoms with Crippen molar-refractivity contribution < 1.29 is 0 Å². The Morgan fingerprint density at radius 1 is 0.329 bits per heavy atom. The number of para-hydroxylation sites is 2. The van der Waals surface area contributed by atoms with Gasteiger partial charge in [-0.1, -0.05) is 257 Å². The number of fused-ring (bicyclic) bond motifs is 6. The van der Waals surface area contributed by atoms with Crippen LogP contribution < -0.4 is 63.3 Å². The molecule has 9 aromatic carbocycles. The van der Waals surface area contributed by atoms with E-state index in [1.165, 1.54) is 132 Å². The molecule has 394 valence electrons. The normalized spacial score (nSPS) is 14.1. The standard InChI is InChI=1S/C74H78B2N2Si/c1-45(2)53-40-58(47(5)6)72(59(41-53)48(7)8)75-62-28-21-22-31-66(62)78-69-44-55(34-35-63(69)76(65-30-23-29-64(75)74(65)78)73-60(49(9)10)42-54(46(3)4)43-61(73)50(11)12)77-67-36-32-51(13)38-70(67)79(56-24-17-15-18-25-56,57-26-19-16-20-27-57)71-39-52(14)33-37-68(71)77/h15-50H,1-14H3. The van der Waals surface area contributed by atoms with Gasteiger partial charge >= 0.3 is 0 Å². The van der Waals surface area contributed by atoms with E-state index in [1.54, 1.807) is 0 Å². The molecule has 0 aliphatic carbocycles. The summed E-state index contributed by atoms with van der Waals surface area (Å²) in [5.74, 6) is 2.21. The van der Waals surface area contributed by atoms with E-state index in [2.05, 4.69) is 289 Å². The fourth-order valence-corrected chi connectivity index (χ4v) is 19.7. The van der Waals surface area contributed by atoms with E-state index in [0.717, 1.165) is 0 Å². The number of hydrogen-bond donors (Lipinski definition) is 0. The average Bonchev–Trinajstić information content (AvgIpc) is 3.02. The van der Waals surface area contributed by atoms with E-state index in [-0.39, 0.29) is 13.4 Å². The lowest BCUT2D eigenvalue weighted by molar-refractivity contribution is 0.812. The lowest BCUT2D eigenvalue weighted by Gasteiger charge is -2.47. The van der Waals surface area contributed by atoms with Crippen LogP contribution in [0.25, 0.3) is 0 Å². The third-order valence-electron chi connectivity index (χ3n) is 18.2. The zero-order valence-corrected chi connectivity index (χ0v) is 50.3. The molecule has 0 N–H and O–H groups in total. The Labute approximate surface area is 475 Å². The SMILES string of the molecule is Cc1ccc2c(c1)[Si](c1ccccc1)(c1ccccc1)c1cc(C)ccc1N2c1ccc2c(c1)N1c3ccccc3B(c3c(C(C)C)cc(C(C)C)cc3C(C)C)c3cccc(c31)B2c1c(C(C)C)cc(C(C)C)cc1C(C)C. The summed E-state index contributed by atoms with van der Waals surface area (Å²) in [6.07, 6.45) is 0. The Bertz CT molecular complexity index is 3650. The molecule has 0 amide bonds. The molecule has 0 spiro atoms. The van der Waals surface area contributed by atoms with Gasteiger partial charge in [0.25, 0.3) is 0 Å². The van der Waals surface area contributed by atoms with Crippen LogP contribution in [-0.2, 0) is 0 Å². The molecule has 3 aliphatic heterocycles. The maximum Gasteiger partial charge on any atom is 0.247 e. The van der Waals surface area contributed by atoms with Crippen molar-refractivity contribution in [3.8, 4) is 0 Å². The van der Waals surface area contributed by atoms with Crippen LogP contribution in [0.15, 0.2) is 182 Å². The summed E-state index contributed by atoms with van der Waals surface area (Å²) >= 11 is 0. The molecule has 0 aromatic heterocycles. The summed E-state index contributed by atoms with van der Waals surface area (Å²) in [6.45, 7) is 33.4. The van der Waals surface area contributed by atoms with Crippen molar-refractivity contribution in [3.63, 3.8) is 0 Å². The van der Waals surface area contributed by atoms with Crippen molar-refractivity contribution in [2.24, 2.45) is 0 Å². The lowest BCUT2D eigenvalue weighted by atomic mass is 9.29. The molecule has 3 aliphatic rings. The predicted octanol–water partition coefficient (Wildman–Crippen LogP) is 13.3. The molecule has 0 saturated heterocycles.